The van der Waals surface area contributed by atoms with Gasteiger partial charge in [-0.1, -0.05) is 6.07 Å². The van der Waals surface area contributed by atoms with Gasteiger partial charge < -0.3 is 5.32 Å². The zero-order valence-electron chi connectivity index (χ0n) is 14.9. The molecule has 0 spiro atoms. The molecule has 0 unspecified atom stereocenters. The van der Waals surface area contributed by atoms with Crippen LogP contribution in [0.25, 0.3) is 0 Å². The number of anilines is 1. The Morgan fingerprint density at radius 3 is 2.23 bits per heavy atom. The number of benzene rings is 1. The summed E-state index contributed by atoms with van der Waals surface area (Å²) in [6, 6.07) is 6.73. The van der Waals surface area contributed by atoms with Gasteiger partial charge in [-0.15, -0.1) is 0 Å². The second-order valence-corrected chi connectivity index (χ2v) is 10.6. The number of nitrogens with one attached hydrogen (secondary N) is 2. The molecule has 6 rings (SSSR count). The second-order valence-electron chi connectivity index (χ2n) is 8.87. The number of carbonyl (C=O) groups is 1. The molecule has 5 aliphatic carbocycles. The van der Waals surface area contributed by atoms with Gasteiger partial charge in [0.05, 0.1) is 4.90 Å². The number of rotatable bonds is 5. The number of carbonyl (C=O) groups excluding carboxylic acids is 1. The van der Waals surface area contributed by atoms with Crippen molar-refractivity contribution in [2.75, 3.05) is 5.32 Å². The van der Waals surface area contributed by atoms with Crippen molar-refractivity contribution >= 4 is 21.6 Å². The Balaban J connectivity index is 1.32. The number of sulfonamides is 1. The molecule has 4 bridgehead atoms. The molecule has 5 nitrogen and oxygen atoms in total. The van der Waals surface area contributed by atoms with E-state index >= 15 is 0 Å². The monoisotopic (exact) mass is 374 g/mol. The average Bonchev–Trinajstić information content (AvgIpc) is 3.37. The lowest BCUT2D eigenvalue weighted by Crippen LogP contribution is -2.49. The first-order valence-corrected chi connectivity index (χ1v) is 11.4. The Morgan fingerprint density at radius 2 is 1.62 bits per heavy atom. The summed E-state index contributed by atoms with van der Waals surface area (Å²) in [5, 5.41) is 3.02. The molecule has 5 fully saturated rings. The normalized spacial score (nSPS) is 35.5. The van der Waals surface area contributed by atoms with Crippen LogP contribution in [0, 0.1) is 29.6 Å². The van der Waals surface area contributed by atoms with Crippen LogP contribution in [0.2, 0.25) is 0 Å². The van der Waals surface area contributed by atoms with Crippen LogP contribution in [0.5, 0.6) is 0 Å². The lowest BCUT2D eigenvalue weighted by molar-refractivity contribution is -0.132. The molecular formula is C20H26N2O3S. The van der Waals surface area contributed by atoms with Crippen molar-refractivity contribution in [1.29, 1.82) is 0 Å². The molecule has 2 N–H and O–H groups in total. The van der Waals surface area contributed by atoms with E-state index in [0.717, 1.165) is 24.7 Å². The summed E-state index contributed by atoms with van der Waals surface area (Å²) in [4.78, 5) is 13.2. The first-order valence-electron chi connectivity index (χ1n) is 9.91. The predicted molar refractivity (Wildman–Crippen MR) is 99.0 cm³/mol. The quantitative estimate of drug-likeness (QED) is 0.831. The van der Waals surface area contributed by atoms with Crippen LogP contribution >= 0.6 is 0 Å². The van der Waals surface area contributed by atoms with Crippen molar-refractivity contribution in [3.63, 3.8) is 0 Å². The highest BCUT2D eigenvalue weighted by molar-refractivity contribution is 7.89. The van der Waals surface area contributed by atoms with E-state index in [0.29, 0.717) is 17.5 Å². The van der Waals surface area contributed by atoms with E-state index in [-0.39, 0.29) is 22.8 Å². The first kappa shape index (κ1) is 16.8. The van der Waals surface area contributed by atoms with Gasteiger partial charge in [0.2, 0.25) is 15.9 Å². The first-order chi connectivity index (χ1) is 12.5. The minimum Gasteiger partial charge on any atom is -0.326 e. The molecule has 0 aromatic heterocycles. The van der Waals surface area contributed by atoms with Gasteiger partial charge in [-0.3, -0.25) is 4.79 Å². The highest BCUT2D eigenvalue weighted by Gasteiger charge is 2.50. The minimum atomic E-state index is -3.50. The molecule has 0 radical (unpaired) electrons. The summed E-state index contributed by atoms with van der Waals surface area (Å²) in [7, 11) is -3.50. The smallest absolute Gasteiger partial charge is 0.240 e. The van der Waals surface area contributed by atoms with E-state index in [1.807, 2.05) is 0 Å². The molecule has 140 valence electrons. The van der Waals surface area contributed by atoms with Crippen LogP contribution < -0.4 is 10.0 Å². The van der Waals surface area contributed by atoms with E-state index in [4.69, 9.17) is 0 Å². The van der Waals surface area contributed by atoms with E-state index < -0.39 is 10.0 Å². The van der Waals surface area contributed by atoms with E-state index in [9.17, 15) is 13.2 Å². The Bertz CT molecular complexity index is 803. The fourth-order valence-electron chi connectivity index (χ4n) is 5.81. The Morgan fingerprint density at radius 1 is 0.962 bits per heavy atom. The maximum Gasteiger partial charge on any atom is 0.240 e. The number of hydrogen-bond acceptors (Lipinski definition) is 3. The van der Waals surface area contributed by atoms with Crippen LogP contribution in [-0.2, 0) is 14.8 Å². The molecule has 6 heteroatoms. The molecule has 0 atom stereocenters. The maximum atomic E-state index is 13.0. The molecule has 1 aromatic rings. The summed E-state index contributed by atoms with van der Waals surface area (Å²) in [5.41, 5.74) is 0.586. The van der Waals surface area contributed by atoms with Gasteiger partial charge in [0.25, 0.3) is 0 Å². The summed E-state index contributed by atoms with van der Waals surface area (Å²) in [6.45, 7) is 0. The number of hydrogen-bond donors (Lipinski definition) is 2. The number of amides is 1. The van der Waals surface area contributed by atoms with Crippen LogP contribution in [0.3, 0.4) is 0 Å². The van der Waals surface area contributed by atoms with Gasteiger partial charge in [-0.25, -0.2) is 13.1 Å². The minimum absolute atomic E-state index is 0.0753. The maximum absolute atomic E-state index is 13.0. The van der Waals surface area contributed by atoms with Crippen molar-refractivity contribution in [2.45, 2.75) is 55.9 Å². The SMILES string of the molecule is O=C(Nc1cccc(S(=O)(=O)NC2CC2)c1)C1C2CC3CC(C2)CC1C3. The third-order valence-corrected chi connectivity index (χ3v) is 8.36. The third-order valence-electron chi connectivity index (χ3n) is 6.84. The molecule has 1 aromatic carbocycles. The van der Waals surface area contributed by atoms with Crippen molar-refractivity contribution in [3.8, 4) is 0 Å². The fourth-order valence-corrected chi connectivity index (χ4v) is 7.16. The van der Waals surface area contributed by atoms with Crippen LogP contribution in [0.4, 0.5) is 5.69 Å². The van der Waals surface area contributed by atoms with E-state index in [1.54, 1.807) is 24.3 Å². The summed E-state index contributed by atoms with van der Waals surface area (Å²) in [6.07, 6.45) is 7.98. The van der Waals surface area contributed by atoms with Crippen LogP contribution in [0.15, 0.2) is 29.2 Å². The van der Waals surface area contributed by atoms with Crippen molar-refractivity contribution in [3.05, 3.63) is 24.3 Å². The largest absolute Gasteiger partial charge is 0.326 e. The van der Waals surface area contributed by atoms with Gasteiger partial charge in [0.1, 0.15) is 0 Å². The molecule has 0 heterocycles. The third kappa shape index (κ3) is 3.07. The average molecular weight is 375 g/mol. The molecule has 0 saturated heterocycles. The van der Waals surface area contributed by atoms with Gasteiger partial charge in [-0.2, -0.15) is 0 Å². The molecule has 5 saturated carbocycles. The summed E-state index contributed by atoms with van der Waals surface area (Å²) < 4.78 is 27.5. The second kappa shape index (κ2) is 6.06. The Labute approximate surface area is 155 Å². The Hall–Kier alpha value is -1.40. The topological polar surface area (TPSA) is 75.3 Å². The van der Waals surface area contributed by atoms with Crippen LogP contribution in [0.1, 0.15) is 44.9 Å². The zero-order chi connectivity index (χ0) is 17.9. The predicted octanol–water partition coefficient (Wildman–Crippen LogP) is 3.14. The zero-order valence-corrected chi connectivity index (χ0v) is 15.7. The highest BCUT2D eigenvalue weighted by atomic mass is 32.2. The van der Waals surface area contributed by atoms with Crippen molar-refractivity contribution < 1.29 is 13.2 Å². The Kier molecular flexibility index (Phi) is 3.90. The van der Waals surface area contributed by atoms with Gasteiger partial charge in [0, 0.05) is 17.6 Å². The van der Waals surface area contributed by atoms with Gasteiger partial charge >= 0.3 is 0 Å². The van der Waals surface area contributed by atoms with E-state index in [1.165, 1.54) is 32.1 Å². The molecule has 5 aliphatic rings. The molecular weight excluding hydrogens is 348 g/mol. The van der Waals surface area contributed by atoms with Gasteiger partial charge in [-0.05, 0) is 86.8 Å². The highest BCUT2D eigenvalue weighted by Crippen LogP contribution is 2.56. The van der Waals surface area contributed by atoms with Crippen molar-refractivity contribution in [1.82, 2.24) is 4.72 Å². The lowest BCUT2D eigenvalue weighted by atomic mass is 9.51. The van der Waals surface area contributed by atoms with Crippen LogP contribution in [-0.4, -0.2) is 20.4 Å². The fraction of sp³-hybridized carbons (Fsp3) is 0.650. The van der Waals surface area contributed by atoms with Gasteiger partial charge in [0.15, 0.2) is 0 Å². The summed E-state index contributed by atoms with van der Waals surface area (Å²) in [5.74, 6) is 2.91. The molecule has 1 amide bonds. The molecule has 0 aliphatic heterocycles. The molecule has 26 heavy (non-hydrogen) atoms. The van der Waals surface area contributed by atoms with Crippen molar-refractivity contribution in [2.24, 2.45) is 29.6 Å². The summed E-state index contributed by atoms with van der Waals surface area (Å²) >= 11 is 0. The standard InChI is InChI=1S/C20H26N2O3S/c23-20(19-14-7-12-6-13(9-14)10-15(19)8-12)21-17-2-1-3-18(11-17)26(24,25)22-16-4-5-16/h1-3,11-16,19,22H,4-10H2,(H,21,23). The lowest BCUT2D eigenvalue weighted by Gasteiger charge is -2.53. The van der Waals surface area contributed by atoms with E-state index in [2.05, 4.69) is 10.0 Å².